The molecule has 3 N–H and O–H groups in total. The minimum Gasteiger partial charge on any atom is -0.439 e. The van der Waals surface area contributed by atoms with Crippen molar-refractivity contribution in [3.05, 3.63) is 66.2 Å². The van der Waals surface area contributed by atoms with E-state index in [-0.39, 0.29) is 42.2 Å². The second-order valence-electron chi connectivity index (χ2n) is 5.88. The van der Waals surface area contributed by atoms with E-state index in [0.29, 0.717) is 17.3 Å². The van der Waals surface area contributed by atoms with Crippen molar-refractivity contribution < 1.29 is 22.3 Å². The molecule has 0 aliphatic heterocycles. The topological polar surface area (TPSA) is 85.7 Å². The van der Waals surface area contributed by atoms with E-state index in [4.69, 9.17) is 10.2 Å². The van der Waals surface area contributed by atoms with Crippen LogP contribution in [0.4, 0.5) is 18.9 Å². The van der Waals surface area contributed by atoms with Crippen molar-refractivity contribution in [1.82, 2.24) is 4.98 Å². The molecule has 0 bridgehead atoms. The first-order valence-electron chi connectivity index (χ1n) is 8.23. The second kappa shape index (κ2) is 9.63. The number of aromatic nitrogens is 1. The molecule has 6 nitrogen and oxygen atoms in total. The summed E-state index contributed by atoms with van der Waals surface area (Å²) in [6.45, 7) is 2.11. The number of aliphatic imine (C=N–C) groups is 1. The number of nitrogens with zero attached hydrogens (tertiary/aromatic N) is 2. The van der Waals surface area contributed by atoms with E-state index in [2.05, 4.69) is 20.0 Å². The fourth-order valence-electron chi connectivity index (χ4n) is 2.31. The lowest BCUT2D eigenvalue weighted by molar-refractivity contribution is -0.274. The maximum atomic E-state index is 12.1. The third-order valence-electron chi connectivity index (χ3n) is 3.63. The van der Waals surface area contributed by atoms with Gasteiger partial charge in [0.25, 0.3) is 0 Å². The van der Waals surface area contributed by atoms with E-state index in [0.717, 1.165) is 11.1 Å². The summed E-state index contributed by atoms with van der Waals surface area (Å²) < 4.78 is 45.9. The maximum Gasteiger partial charge on any atom is 0.573 e. The zero-order chi connectivity index (χ0) is 20.1. The van der Waals surface area contributed by atoms with Gasteiger partial charge in [0.1, 0.15) is 12.3 Å². The normalized spacial score (nSPS) is 11.7. The summed E-state index contributed by atoms with van der Waals surface area (Å²) in [4.78, 5) is 8.27. The number of benzene rings is 2. The lowest BCUT2D eigenvalue weighted by atomic mass is 10.1. The van der Waals surface area contributed by atoms with E-state index >= 15 is 0 Å². The van der Waals surface area contributed by atoms with Gasteiger partial charge in [-0.2, -0.15) is 0 Å². The molecule has 1 heterocycles. The summed E-state index contributed by atoms with van der Waals surface area (Å²) >= 11 is 0. The van der Waals surface area contributed by atoms with Gasteiger partial charge in [-0.1, -0.05) is 29.8 Å². The molecule has 3 aromatic rings. The summed E-state index contributed by atoms with van der Waals surface area (Å²) in [6.07, 6.45) is -3.12. The molecule has 0 amide bonds. The van der Waals surface area contributed by atoms with Gasteiger partial charge in [0.15, 0.2) is 11.7 Å². The van der Waals surface area contributed by atoms with Gasteiger partial charge >= 0.3 is 6.36 Å². The van der Waals surface area contributed by atoms with Crippen LogP contribution in [0.15, 0.2) is 64.1 Å². The van der Waals surface area contributed by atoms with Crippen LogP contribution in [-0.4, -0.2) is 17.3 Å². The Labute approximate surface area is 182 Å². The van der Waals surface area contributed by atoms with Crippen LogP contribution < -0.4 is 15.8 Å². The van der Waals surface area contributed by atoms with Crippen LogP contribution in [0.1, 0.15) is 11.5 Å². The zero-order valence-corrected chi connectivity index (χ0v) is 17.6. The average Bonchev–Trinajstić information content (AvgIpc) is 3.10. The Morgan fingerprint density at radius 3 is 2.41 bits per heavy atom. The van der Waals surface area contributed by atoms with E-state index < -0.39 is 6.36 Å². The molecular formula is C19H18F3IN4O2. The summed E-state index contributed by atoms with van der Waals surface area (Å²) in [7, 11) is 0. The minimum atomic E-state index is -4.73. The Morgan fingerprint density at radius 2 is 1.79 bits per heavy atom. The lowest BCUT2D eigenvalue weighted by Gasteiger charge is -2.10. The highest BCUT2D eigenvalue weighted by Gasteiger charge is 2.30. The van der Waals surface area contributed by atoms with Gasteiger partial charge in [0.05, 0.1) is 6.20 Å². The summed E-state index contributed by atoms with van der Waals surface area (Å²) in [6, 6.07) is 12.9. The summed E-state index contributed by atoms with van der Waals surface area (Å²) in [5.41, 5.74) is 8.29. The van der Waals surface area contributed by atoms with E-state index in [9.17, 15) is 13.2 Å². The van der Waals surface area contributed by atoms with Crippen molar-refractivity contribution in [2.75, 3.05) is 5.32 Å². The number of alkyl halides is 3. The molecule has 0 unspecified atom stereocenters. The molecule has 0 spiro atoms. The Morgan fingerprint density at radius 1 is 1.14 bits per heavy atom. The molecule has 0 atom stereocenters. The number of rotatable bonds is 5. The van der Waals surface area contributed by atoms with Gasteiger partial charge < -0.3 is 20.2 Å². The SMILES string of the molecule is Cc1ccc(-c2cnc(CN=C(N)Nc3ccc(OC(F)(F)F)cc3)o2)cc1.I. The quantitative estimate of drug-likeness (QED) is 0.279. The van der Waals surface area contributed by atoms with Crippen LogP contribution in [-0.2, 0) is 6.54 Å². The van der Waals surface area contributed by atoms with Crippen molar-refractivity contribution in [3.63, 3.8) is 0 Å². The summed E-state index contributed by atoms with van der Waals surface area (Å²) in [5, 5.41) is 2.77. The number of anilines is 1. The first-order valence-corrected chi connectivity index (χ1v) is 8.23. The zero-order valence-electron chi connectivity index (χ0n) is 15.2. The molecule has 10 heteroatoms. The van der Waals surface area contributed by atoms with Gasteiger partial charge in [-0.15, -0.1) is 37.1 Å². The molecule has 0 aliphatic carbocycles. The fraction of sp³-hybridized carbons (Fsp3) is 0.158. The molecule has 0 fully saturated rings. The Bertz CT molecular complexity index is 955. The van der Waals surface area contributed by atoms with E-state index in [1.54, 1.807) is 6.20 Å². The van der Waals surface area contributed by atoms with E-state index in [1.807, 2.05) is 31.2 Å². The molecule has 154 valence electrons. The monoisotopic (exact) mass is 518 g/mol. The number of hydrogen-bond acceptors (Lipinski definition) is 4. The van der Waals surface area contributed by atoms with Gasteiger partial charge in [-0.3, -0.25) is 0 Å². The van der Waals surface area contributed by atoms with Crippen LogP contribution in [0.2, 0.25) is 0 Å². The average molecular weight is 518 g/mol. The largest absolute Gasteiger partial charge is 0.573 e. The third kappa shape index (κ3) is 6.97. The van der Waals surface area contributed by atoms with Crippen LogP contribution in [0, 0.1) is 6.92 Å². The molecule has 0 radical (unpaired) electrons. The molecule has 3 rings (SSSR count). The highest BCUT2D eigenvalue weighted by molar-refractivity contribution is 14.0. The number of aryl methyl sites for hydroxylation is 1. The molecule has 0 saturated heterocycles. The number of halogens is 4. The number of nitrogens with two attached hydrogens (primary N) is 1. The summed E-state index contributed by atoms with van der Waals surface area (Å²) in [5.74, 6) is 0.753. The minimum absolute atomic E-state index is 0. The van der Waals surface area contributed by atoms with Gasteiger partial charge in [-0.05, 0) is 31.2 Å². The van der Waals surface area contributed by atoms with Crippen LogP contribution in [0.25, 0.3) is 11.3 Å². The highest BCUT2D eigenvalue weighted by Crippen LogP contribution is 2.24. The van der Waals surface area contributed by atoms with Gasteiger partial charge in [0.2, 0.25) is 5.89 Å². The molecule has 2 aromatic carbocycles. The predicted octanol–water partition coefficient (Wildman–Crippen LogP) is 5.09. The molecule has 29 heavy (non-hydrogen) atoms. The Balaban J connectivity index is 0.00000300. The number of guanidine groups is 1. The van der Waals surface area contributed by atoms with Crippen LogP contribution in [0.5, 0.6) is 5.75 Å². The van der Waals surface area contributed by atoms with E-state index in [1.165, 1.54) is 24.3 Å². The molecule has 0 aliphatic rings. The van der Waals surface area contributed by atoms with Crippen molar-refractivity contribution in [2.24, 2.45) is 10.7 Å². The molecule has 1 aromatic heterocycles. The van der Waals surface area contributed by atoms with Crippen molar-refractivity contribution in [1.29, 1.82) is 0 Å². The highest BCUT2D eigenvalue weighted by atomic mass is 127. The number of nitrogens with one attached hydrogen (secondary N) is 1. The van der Waals surface area contributed by atoms with Gasteiger partial charge in [-0.25, -0.2) is 9.98 Å². The smallest absolute Gasteiger partial charge is 0.439 e. The van der Waals surface area contributed by atoms with Crippen LogP contribution in [0.3, 0.4) is 0 Å². The fourth-order valence-corrected chi connectivity index (χ4v) is 2.31. The maximum absolute atomic E-state index is 12.1. The number of ether oxygens (including phenoxy) is 1. The first kappa shape index (κ1) is 22.5. The third-order valence-corrected chi connectivity index (χ3v) is 3.63. The van der Waals surface area contributed by atoms with Crippen molar-refractivity contribution >= 4 is 35.6 Å². The van der Waals surface area contributed by atoms with Crippen LogP contribution >= 0.6 is 24.0 Å². The first-order chi connectivity index (χ1) is 13.3. The Hall–Kier alpha value is -2.76. The standard InChI is InChI=1S/C19H17F3N4O2.HI/c1-12-2-4-13(5-3-12)16-10-24-17(27-16)11-25-18(23)26-14-6-8-15(9-7-14)28-19(20,21)22;/h2-10H,11H2,1H3,(H3,23,25,26);1H. The second-order valence-corrected chi connectivity index (χ2v) is 5.88. The van der Waals surface area contributed by atoms with Crippen molar-refractivity contribution in [3.8, 4) is 17.1 Å². The van der Waals surface area contributed by atoms with Gasteiger partial charge in [0, 0.05) is 11.3 Å². The molecule has 0 saturated carbocycles. The lowest BCUT2D eigenvalue weighted by Crippen LogP contribution is -2.22. The van der Waals surface area contributed by atoms with Crippen molar-refractivity contribution in [2.45, 2.75) is 19.8 Å². The number of oxazole rings is 1. The molecular weight excluding hydrogens is 500 g/mol. The Kier molecular flexibility index (Phi) is 7.48. The predicted molar refractivity (Wildman–Crippen MR) is 114 cm³/mol. The number of hydrogen-bond donors (Lipinski definition) is 2.